The summed E-state index contributed by atoms with van der Waals surface area (Å²) in [6.07, 6.45) is -4.77. The van der Waals surface area contributed by atoms with Crippen molar-refractivity contribution in [2.75, 3.05) is 0 Å². The third kappa shape index (κ3) is 3.81. The minimum atomic E-state index is -4.77. The molecule has 0 amide bonds. The zero-order valence-electron chi connectivity index (χ0n) is 10.9. The van der Waals surface area contributed by atoms with Crippen LogP contribution in [0.5, 0.6) is 5.75 Å². The smallest absolute Gasteiger partial charge is 0.406 e. The quantitative estimate of drug-likeness (QED) is 0.612. The highest BCUT2D eigenvalue weighted by molar-refractivity contribution is 6.00. The van der Waals surface area contributed by atoms with Crippen molar-refractivity contribution in [2.24, 2.45) is 0 Å². The minimum absolute atomic E-state index is 0.263. The number of Topliss-reactive ketones (excluding diaryl/α,β-unsaturated/α-hetero) is 1. The number of ketones is 1. The molecule has 0 spiro atoms. The highest BCUT2D eigenvalue weighted by atomic mass is 19.4. The molecule has 2 rings (SSSR count). The molecule has 0 atom stereocenters. The van der Waals surface area contributed by atoms with Gasteiger partial charge in [0.25, 0.3) is 0 Å². The fourth-order valence-electron chi connectivity index (χ4n) is 1.90. The average molecular weight is 298 g/mol. The summed E-state index contributed by atoms with van der Waals surface area (Å²) in [6, 6.07) is 8.55. The van der Waals surface area contributed by atoms with Gasteiger partial charge in [-0.05, 0) is 48.4 Å². The van der Waals surface area contributed by atoms with Crippen LogP contribution >= 0.6 is 0 Å². The summed E-state index contributed by atoms with van der Waals surface area (Å²) in [5.74, 6) is -1.18. The summed E-state index contributed by atoms with van der Waals surface area (Å²) in [5, 5.41) is 0. The molecule has 0 aliphatic heterocycles. The molecular weight excluding hydrogens is 288 g/mol. The zero-order valence-corrected chi connectivity index (χ0v) is 10.9. The Balaban J connectivity index is 2.39. The summed E-state index contributed by atoms with van der Waals surface area (Å²) < 4.78 is 53.3. The monoisotopic (exact) mass is 298 g/mol. The lowest BCUT2D eigenvalue weighted by Gasteiger charge is -2.11. The largest absolute Gasteiger partial charge is 0.573 e. The molecular formula is C15H10F4O2. The van der Waals surface area contributed by atoms with Crippen molar-refractivity contribution in [2.45, 2.75) is 13.3 Å². The van der Waals surface area contributed by atoms with E-state index in [1.807, 2.05) is 0 Å². The molecule has 0 aliphatic carbocycles. The van der Waals surface area contributed by atoms with Crippen molar-refractivity contribution in [3.63, 3.8) is 0 Å². The van der Waals surface area contributed by atoms with Crippen LogP contribution in [0.2, 0.25) is 0 Å². The fourth-order valence-corrected chi connectivity index (χ4v) is 1.90. The van der Waals surface area contributed by atoms with E-state index in [-0.39, 0.29) is 11.5 Å². The molecule has 0 bridgehead atoms. The van der Waals surface area contributed by atoms with E-state index in [1.165, 1.54) is 25.1 Å². The Labute approximate surface area is 118 Å². The summed E-state index contributed by atoms with van der Waals surface area (Å²) >= 11 is 0. The van der Waals surface area contributed by atoms with Gasteiger partial charge in [-0.25, -0.2) is 4.39 Å². The summed E-state index contributed by atoms with van der Waals surface area (Å²) in [6.45, 7) is 1.33. The summed E-state index contributed by atoms with van der Waals surface area (Å²) in [7, 11) is 0. The SMILES string of the molecule is CC(=O)c1ccc(F)cc1-c1ccc(OC(F)(F)F)cc1. The molecule has 0 saturated heterocycles. The molecule has 2 nitrogen and oxygen atoms in total. The van der Waals surface area contributed by atoms with Gasteiger partial charge in [0.1, 0.15) is 11.6 Å². The number of halogens is 4. The maximum atomic E-state index is 13.3. The number of alkyl halides is 3. The van der Waals surface area contributed by atoms with Gasteiger partial charge in [-0.1, -0.05) is 12.1 Å². The second kappa shape index (κ2) is 5.55. The van der Waals surface area contributed by atoms with Gasteiger partial charge in [-0.2, -0.15) is 0 Å². The van der Waals surface area contributed by atoms with Crippen LogP contribution in [0.1, 0.15) is 17.3 Å². The van der Waals surface area contributed by atoms with Gasteiger partial charge in [-0.3, -0.25) is 4.79 Å². The molecule has 0 fully saturated rings. The molecule has 0 unspecified atom stereocenters. The van der Waals surface area contributed by atoms with Crippen molar-refractivity contribution in [1.29, 1.82) is 0 Å². The molecule has 21 heavy (non-hydrogen) atoms. The molecule has 0 N–H and O–H groups in total. The van der Waals surface area contributed by atoms with Crippen LogP contribution in [0, 0.1) is 5.82 Å². The van der Waals surface area contributed by atoms with Crippen molar-refractivity contribution in [1.82, 2.24) is 0 Å². The first-order valence-corrected chi connectivity index (χ1v) is 5.93. The standard InChI is InChI=1S/C15H10F4O2/c1-9(20)13-7-4-11(16)8-14(13)10-2-5-12(6-3-10)21-15(17,18)19/h2-8H,1H3. The number of rotatable bonds is 3. The van der Waals surface area contributed by atoms with Gasteiger partial charge >= 0.3 is 6.36 Å². The number of carbonyl (C=O) groups is 1. The first kappa shape index (κ1) is 15.0. The third-order valence-corrected chi connectivity index (χ3v) is 2.76. The Kier molecular flexibility index (Phi) is 3.97. The Morgan fingerprint density at radius 2 is 1.67 bits per heavy atom. The Morgan fingerprint density at radius 1 is 1.05 bits per heavy atom. The van der Waals surface area contributed by atoms with Crippen molar-refractivity contribution < 1.29 is 27.1 Å². The predicted molar refractivity (Wildman–Crippen MR) is 68.5 cm³/mol. The van der Waals surface area contributed by atoms with E-state index in [1.54, 1.807) is 0 Å². The van der Waals surface area contributed by atoms with Gasteiger partial charge in [-0.15, -0.1) is 13.2 Å². The molecule has 2 aromatic rings. The summed E-state index contributed by atoms with van der Waals surface area (Å²) in [4.78, 5) is 11.5. The van der Waals surface area contributed by atoms with Crippen molar-refractivity contribution in [3.05, 3.63) is 53.8 Å². The van der Waals surface area contributed by atoms with E-state index in [4.69, 9.17) is 0 Å². The maximum absolute atomic E-state index is 13.3. The van der Waals surface area contributed by atoms with Crippen LogP contribution < -0.4 is 4.74 Å². The highest BCUT2D eigenvalue weighted by Crippen LogP contribution is 2.29. The second-order valence-electron chi connectivity index (χ2n) is 4.32. The molecule has 0 aromatic heterocycles. The third-order valence-electron chi connectivity index (χ3n) is 2.76. The van der Waals surface area contributed by atoms with E-state index in [0.29, 0.717) is 16.7 Å². The summed E-state index contributed by atoms with van der Waals surface area (Å²) in [5.41, 5.74) is 1.04. The van der Waals surface area contributed by atoms with Crippen LogP contribution in [0.15, 0.2) is 42.5 Å². The first-order valence-electron chi connectivity index (χ1n) is 5.93. The van der Waals surface area contributed by atoms with E-state index in [0.717, 1.165) is 24.3 Å². The number of benzene rings is 2. The minimum Gasteiger partial charge on any atom is -0.406 e. The average Bonchev–Trinajstić information content (AvgIpc) is 2.37. The van der Waals surface area contributed by atoms with Crippen molar-refractivity contribution in [3.8, 4) is 16.9 Å². The molecule has 0 aliphatic rings. The van der Waals surface area contributed by atoms with Crippen molar-refractivity contribution >= 4 is 5.78 Å². The van der Waals surface area contributed by atoms with Crippen LogP contribution in [-0.2, 0) is 0 Å². The highest BCUT2D eigenvalue weighted by Gasteiger charge is 2.31. The van der Waals surface area contributed by atoms with E-state index >= 15 is 0 Å². The number of carbonyl (C=O) groups excluding carboxylic acids is 1. The molecule has 0 saturated carbocycles. The van der Waals surface area contributed by atoms with Gasteiger partial charge in [0.2, 0.25) is 0 Å². The van der Waals surface area contributed by atoms with E-state index in [9.17, 15) is 22.4 Å². The Hall–Kier alpha value is -2.37. The van der Waals surface area contributed by atoms with Gasteiger partial charge in [0, 0.05) is 5.56 Å². The lowest BCUT2D eigenvalue weighted by molar-refractivity contribution is -0.274. The zero-order chi connectivity index (χ0) is 15.6. The van der Waals surface area contributed by atoms with E-state index < -0.39 is 12.2 Å². The van der Waals surface area contributed by atoms with Crippen LogP contribution in [0.4, 0.5) is 17.6 Å². The lowest BCUT2D eigenvalue weighted by atomic mass is 9.97. The van der Waals surface area contributed by atoms with E-state index in [2.05, 4.69) is 4.74 Å². The van der Waals surface area contributed by atoms with Crippen LogP contribution in [-0.4, -0.2) is 12.1 Å². The number of ether oxygens (including phenoxy) is 1. The Morgan fingerprint density at radius 3 is 2.19 bits per heavy atom. The normalized spacial score (nSPS) is 11.3. The van der Waals surface area contributed by atoms with Crippen LogP contribution in [0.25, 0.3) is 11.1 Å². The molecule has 110 valence electrons. The van der Waals surface area contributed by atoms with Gasteiger partial charge in [0.15, 0.2) is 5.78 Å². The molecule has 0 heterocycles. The fraction of sp³-hybridized carbons (Fsp3) is 0.133. The lowest BCUT2D eigenvalue weighted by Crippen LogP contribution is -2.16. The maximum Gasteiger partial charge on any atom is 0.573 e. The first-order chi connectivity index (χ1) is 9.76. The molecule has 0 radical (unpaired) electrons. The van der Waals surface area contributed by atoms with Gasteiger partial charge in [0.05, 0.1) is 0 Å². The Bertz CT molecular complexity index is 660. The number of hydrogen-bond donors (Lipinski definition) is 0. The number of hydrogen-bond acceptors (Lipinski definition) is 2. The second-order valence-corrected chi connectivity index (χ2v) is 4.32. The molecule has 2 aromatic carbocycles. The predicted octanol–water partition coefficient (Wildman–Crippen LogP) is 4.59. The van der Waals surface area contributed by atoms with Gasteiger partial charge < -0.3 is 4.74 Å². The van der Waals surface area contributed by atoms with Crippen LogP contribution in [0.3, 0.4) is 0 Å². The topological polar surface area (TPSA) is 26.3 Å². The molecule has 6 heteroatoms.